The fourth-order valence-electron chi connectivity index (χ4n) is 4.00. The molecule has 0 saturated carbocycles. The zero-order chi connectivity index (χ0) is 19.6. The van der Waals surface area contributed by atoms with Gasteiger partial charge in [0.1, 0.15) is 11.6 Å². The molecule has 5 rings (SSSR count). The summed E-state index contributed by atoms with van der Waals surface area (Å²) in [5.74, 6) is 2.90. The Morgan fingerprint density at radius 3 is 2.72 bits per heavy atom. The van der Waals surface area contributed by atoms with Crippen LogP contribution in [-0.4, -0.2) is 64.2 Å². The number of fused-ring (bicyclic) bond motifs is 1. The van der Waals surface area contributed by atoms with Gasteiger partial charge in [-0.05, 0) is 31.1 Å². The van der Waals surface area contributed by atoms with Crippen LogP contribution in [0, 0.1) is 6.92 Å². The number of imidazole rings is 1. The maximum Gasteiger partial charge on any atom is 0.157 e. The average molecular weight is 390 g/mol. The first kappa shape index (κ1) is 18.3. The van der Waals surface area contributed by atoms with E-state index in [2.05, 4.69) is 33.0 Å². The fraction of sp³-hybridized carbons (Fsp3) is 0.409. The molecule has 0 unspecified atom stereocenters. The minimum absolute atomic E-state index is 0.762. The number of aromatic nitrogens is 4. The van der Waals surface area contributed by atoms with Crippen LogP contribution in [0.3, 0.4) is 0 Å². The summed E-state index contributed by atoms with van der Waals surface area (Å²) in [5.41, 5.74) is 4.38. The lowest BCUT2D eigenvalue weighted by Crippen LogP contribution is -2.37. The summed E-state index contributed by atoms with van der Waals surface area (Å²) in [6.45, 7) is 8.04. The van der Waals surface area contributed by atoms with Crippen molar-refractivity contribution in [3.05, 3.63) is 53.8 Å². The zero-order valence-corrected chi connectivity index (χ0v) is 16.8. The lowest BCUT2D eigenvalue weighted by Gasteiger charge is -2.29. The van der Waals surface area contributed by atoms with Crippen molar-refractivity contribution in [2.45, 2.75) is 19.9 Å². The van der Waals surface area contributed by atoms with E-state index in [9.17, 15) is 0 Å². The smallest absolute Gasteiger partial charge is 0.157 e. The summed E-state index contributed by atoms with van der Waals surface area (Å²) >= 11 is 0. The molecule has 4 heterocycles. The van der Waals surface area contributed by atoms with Crippen molar-refractivity contribution in [2.24, 2.45) is 0 Å². The number of nitrogens with one attached hydrogen (secondary N) is 1. The van der Waals surface area contributed by atoms with E-state index >= 15 is 0 Å². The molecule has 1 saturated heterocycles. The molecule has 0 atom stereocenters. The zero-order valence-electron chi connectivity index (χ0n) is 16.8. The Labute approximate surface area is 170 Å². The molecule has 0 spiro atoms. The van der Waals surface area contributed by atoms with Crippen molar-refractivity contribution in [3.63, 3.8) is 0 Å². The molecule has 2 aliphatic rings. The van der Waals surface area contributed by atoms with Gasteiger partial charge < -0.3 is 14.6 Å². The Kier molecular flexibility index (Phi) is 4.99. The molecule has 3 aromatic rings. The number of ether oxygens (including phenoxy) is 1. The lowest BCUT2D eigenvalue weighted by molar-refractivity contribution is 0.122. The molecule has 1 fully saturated rings. The van der Waals surface area contributed by atoms with Crippen molar-refractivity contribution in [1.82, 2.24) is 24.8 Å². The Morgan fingerprint density at radius 2 is 1.93 bits per heavy atom. The number of morpholine rings is 1. The first-order valence-electron chi connectivity index (χ1n) is 10.3. The molecule has 1 N–H and O–H groups in total. The van der Waals surface area contributed by atoms with Gasteiger partial charge in [-0.15, -0.1) is 0 Å². The van der Waals surface area contributed by atoms with Gasteiger partial charge >= 0.3 is 0 Å². The number of benzene rings is 1. The summed E-state index contributed by atoms with van der Waals surface area (Å²) in [5, 5.41) is 0. The summed E-state index contributed by atoms with van der Waals surface area (Å²) < 4.78 is 5.47. The molecular formula is C22H26N6O. The average Bonchev–Trinajstić information content (AvgIpc) is 3.17. The molecule has 0 aliphatic carbocycles. The van der Waals surface area contributed by atoms with Crippen molar-refractivity contribution in [2.75, 3.05) is 44.3 Å². The minimum Gasteiger partial charge on any atom is -0.378 e. The van der Waals surface area contributed by atoms with Crippen molar-refractivity contribution >= 4 is 22.4 Å². The first-order chi connectivity index (χ1) is 14.2. The maximum absolute atomic E-state index is 5.47. The molecule has 0 bridgehead atoms. The van der Waals surface area contributed by atoms with Crippen LogP contribution >= 0.6 is 0 Å². The van der Waals surface area contributed by atoms with Crippen molar-refractivity contribution in [1.29, 1.82) is 0 Å². The molecule has 7 heteroatoms. The molecule has 2 aliphatic heterocycles. The van der Waals surface area contributed by atoms with Crippen LogP contribution in [0.5, 0.6) is 0 Å². The Balaban J connectivity index is 1.29. The highest BCUT2D eigenvalue weighted by Crippen LogP contribution is 2.24. The highest BCUT2D eigenvalue weighted by molar-refractivity contribution is 5.74. The van der Waals surface area contributed by atoms with Gasteiger partial charge in [0.05, 0.1) is 30.8 Å². The third-order valence-corrected chi connectivity index (χ3v) is 5.57. The summed E-state index contributed by atoms with van der Waals surface area (Å²) in [6, 6.07) is 10.3. The minimum atomic E-state index is 0.762. The maximum atomic E-state index is 5.47. The van der Waals surface area contributed by atoms with E-state index in [4.69, 9.17) is 19.7 Å². The van der Waals surface area contributed by atoms with E-state index in [1.165, 1.54) is 5.57 Å². The third-order valence-electron chi connectivity index (χ3n) is 5.57. The normalized spacial score (nSPS) is 18.2. The van der Waals surface area contributed by atoms with E-state index in [0.717, 1.165) is 86.6 Å². The SMILES string of the molecule is Cc1cc(N2CCOCC2)nc(C2=CCN(Cc3nc4ccccc4[nH]3)CC2)n1. The summed E-state index contributed by atoms with van der Waals surface area (Å²) in [4.78, 5) is 22.4. The monoisotopic (exact) mass is 390 g/mol. The molecule has 150 valence electrons. The molecule has 0 radical (unpaired) electrons. The highest BCUT2D eigenvalue weighted by Gasteiger charge is 2.19. The van der Waals surface area contributed by atoms with Crippen LogP contribution in [0.2, 0.25) is 0 Å². The van der Waals surface area contributed by atoms with Crippen LogP contribution < -0.4 is 4.90 Å². The number of aromatic amines is 1. The Bertz CT molecular complexity index is 1000. The van der Waals surface area contributed by atoms with E-state index in [1.54, 1.807) is 0 Å². The Hall–Kier alpha value is -2.77. The number of anilines is 1. The van der Waals surface area contributed by atoms with Gasteiger partial charge in [-0.25, -0.2) is 15.0 Å². The molecule has 1 aromatic carbocycles. The van der Waals surface area contributed by atoms with E-state index in [-0.39, 0.29) is 0 Å². The van der Waals surface area contributed by atoms with Crippen LogP contribution in [0.15, 0.2) is 36.4 Å². The third kappa shape index (κ3) is 4.02. The predicted octanol–water partition coefficient (Wildman–Crippen LogP) is 2.79. The standard InChI is InChI=1S/C22H26N6O/c1-16-14-21(28-10-12-29-13-11-28)26-22(23-16)17-6-8-27(9-7-17)15-20-24-18-4-2-3-5-19(18)25-20/h2-6,14H,7-13,15H2,1H3,(H,24,25). The van der Waals surface area contributed by atoms with Gasteiger partial charge in [-0.2, -0.15) is 0 Å². The fourth-order valence-corrected chi connectivity index (χ4v) is 4.00. The van der Waals surface area contributed by atoms with E-state index < -0.39 is 0 Å². The molecule has 2 aromatic heterocycles. The van der Waals surface area contributed by atoms with Gasteiger partial charge in [0.15, 0.2) is 5.82 Å². The van der Waals surface area contributed by atoms with Crippen LogP contribution in [0.1, 0.15) is 23.8 Å². The number of nitrogens with zero attached hydrogens (tertiary/aromatic N) is 5. The Morgan fingerprint density at radius 1 is 1.07 bits per heavy atom. The summed E-state index contributed by atoms with van der Waals surface area (Å²) in [7, 11) is 0. The highest BCUT2D eigenvalue weighted by atomic mass is 16.5. The van der Waals surface area contributed by atoms with Gasteiger partial charge in [-0.3, -0.25) is 4.90 Å². The van der Waals surface area contributed by atoms with Crippen molar-refractivity contribution in [3.8, 4) is 0 Å². The number of rotatable bonds is 4. The van der Waals surface area contributed by atoms with Crippen molar-refractivity contribution < 1.29 is 4.74 Å². The number of hydrogen-bond acceptors (Lipinski definition) is 6. The van der Waals surface area contributed by atoms with Crippen LogP contribution in [-0.2, 0) is 11.3 Å². The van der Waals surface area contributed by atoms with Gasteiger partial charge in [-0.1, -0.05) is 18.2 Å². The topological polar surface area (TPSA) is 70.2 Å². The lowest BCUT2D eigenvalue weighted by atomic mass is 10.1. The number of hydrogen-bond donors (Lipinski definition) is 1. The summed E-state index contributed by atoms with van der Waals surface area (Å²) in [6.07, 6.45) is 3.22. The second-order valence-electron chi connectivity index (χ2n) is 7.71. The van der Waals surface area contributed by atoms with E-state index in [1.807, 2.05) is 25.1 Å². The molecular weight excluding hydrogens is 364 g/mol. The van der Waals surface area contributed by atoms with Gasteiger partial charge in [0.2, 0.25) is 0 Å². The second-order valence-corrected chi connectivity index (χ2v) is 7.71. The van der Waals surface area contributed by atoms with E-state index in [0.29, 0.717) is 0 Å². The molecule has 29 heavy (non-hydrogen) atoms. The number of H-pyrrole nitrogens is 1. The quantitative estimate of drug-likeness (QED) is 0.739. The second kappa shape index (κ2) is 7.93. The molecule has 0 amide bonds. The number of para-hydroxylation sites is 2. The number of aryl methyl sites for hydroxylation is 1. The van der Waals surface area contributed by atoms with Gasteiger partial charge in [0, 0.05) is 37.9 Å². The van der Waals surface area contributed by atoms with Crippen LogP contribution in [0.4, 0.5) is 5.82 Å². The van der Waals surface area contributed by atoms with Gasteiger partial charge in [0.25, 0.3) is 0 Å². The largest absolute Gasteiger partial charge is 0.378 e. The molecule has 7 nitrogen and oxygen atoms in total. The van der Waals surface area contributed by atoms with Crippen LogP contribution in [0.25, 0.3) is 16.6 Å². The predicted molar refractivity (Wildman–Crippen MR) is 114 cm³/mol. The first-order valence-corrected chi connectivity index (χ1v) is 10.3.